The SMILES string of the molecule is [2H]C([2H])([2H])Oc1ccc(F)cc1C(=O)NCc1ccc(-c2nn(C(C)C(F)(F)F)c(N)c2C#N)cc1. The molecule has 1 aromatic heterocycles. The number of amides is 1. The van der Waals surface area contributed by atoms with Crippen LogP contribution in [0.3, 0.4) is 0 Å². The van der Waals surface area contributed by atoms with Crippen LogP contribution in [0.2, 0.25) is 0 Å². The maximum atomic E-state index is 13.6. The van der Waals surface area contributed by atoms with Crippen LogP contribution in [0.5, 0.6) is 5.75 Å². The Morgan fingerprint density at radius 3 is 2.64 bits per heavy atom. The number of nitrogens with one attached hydrogen (secondary N) is 1. The number of anilines is 1. The van der Waals surface area contributed by atoms with E-state index in [-0.39, 0.29) is 29.1 Å². The van der Waals surface area contributed by atoms with E-state index in [2.05, 4.69) is 10.4 Å². The van der Waals surface area contributed by atoms with Gasteiger partial charge in [0.1, 0.15) is 40.8 Å². The van der Waals surface area contributed by atoms with Gasteiger partial charge in [-0.15, -0.1) is 0 Å². The molecule has 0 bridgehead atoms. The molecule has 1 amide bonds. The molecule has 1 unspecified atom stereocenters. The van der Waals surface area contributed by atoms with E-state index in [1.165, 1.54) is 24.3 Å². The second-order valence-electron chi connectivity index (χ2n) is 7.00. The van der Waals surface area contributed by atoms with Gasteiger partial charge in [0.25, 0.3) is 5.91 Å². The summed E-state index contributed by atoms with van der Waals surface area (Å²) in [4.78, 5) is 12.5. The molecule has 0 radical (unpaired) electrons. The van der Waals surface area contributed by atoms with Crippen molar-refractivity contribution in [2.75, 3.05) is 12.8 Å². The number of ether oxygens (including phenoxy) is 1. The molecule has 0 fully saturated rings. The van der Waals surface area contributed by atoms with Crippen LogP contribution in [0.25, 0.3) is 11.3 Å². The number of hydrogen-bond donors (Lipinski definition) is 2. The molecule has 0 aliphatic carbocycles. The van der Waals surface area contributed by atoms with Gasteiger partial charge in [-0.2, -0.15) is 23.5 Å². The zero-order valence-corrected chi connectivity index (χ0v) is 17.1. The van der Waals surface area contributed by atoms with Gasteiger partial charge in [0.15, 0.2) is 0 Å². The van der Waals surface area contributed by atoms with Gasteiger partial charge < -0.3 is 15.8 Å². The van der Waals surface area contributed by atoms with Gasteiger partial charge in [0, 0.05) is 12.1 Å². The predicted octanol–water partition coefficient (Wildman–Crippen LogP) is 4.20. The second-order valence-corrected chi connectivity index (χ2v) is 7.00. The molecule has 33 heavy (non-hydrogen) atoms. The first kappa shape index (κ1) is 19.6. The molecule has 3 rings (SSSR count). The van der Waals surface area contributed by atoms with Gasteiger partial charge in [-0.25, -0.2) is 9.07 Å². The van der Waals surface area contributed by atoms with E-state index in [1.54, 1.807) is 6.07 Å². The van der Waals surface area contributed by atoms with Crippen molar-refractivity contribution >= 4 is 11.7 Å². The molecule has 0 saturated heterocycles. The molecule has 0 saturated carbocycles. The summed E-state index contributed by atoms with van der Waals surface area (Å²) in [6, 6.07) is 8.58. The third-order valence-corrected chi connectivity index (χ3v) is 4.88. The van der Waals surface area contributed by atoms with E-state index in [0.717, 1.165) is 25.1 Å². The number of halogens is 4. The zero-order chi connectivity index (χ0) is 26.8. The number of benzene rings is 2. The minimum absolute atomic E-state index is 0.0343. The summed E-state index contributed by atoms with van der Waals surface area (Å²) >= 11 is 0. The summed E-state index contributed by atoms with van der Waals surface area (Å²) in [5.74, 6) is -2.31. The maximum Gasteiger partial charge on any atom is 0.410 e. The fraction of sp³-hybridized carbons (Fsp3) is 0.227. The molecule has 1 heterocycles. The Bertz CT molecular complexity index is 1320. The quantitative estimate of drug-likeness (QED) is 0.532. The van der Waals surface area contributed by atoms with E-state index in [1.807, 2.05) is 0 Å². The van der Waals surface area contributed by atoms with Crippen molar-refractivity contribution in [3.8, 4) is 23.1 Å². The standard InChI is InChI=1S/C22H19F4N5O2/c1-12(22(24,25)26)31-20(28)17(10-27)19(30-31)14-5-3-13(4-6-14)11-29-21(32)16-9-15(23)7-8-18(16)33-2/h3-9,12H,11,28H2,1-2H3,(H,29,32)/i2D3. The number of nitrogens with zero attached hydrogens (tertiary/aromatic N) is 3. The van der Waals surface area contributed by atoms with Gasteiger partial charge in [-0.05, 0) is 30.7 Å². The number of nitrogens with two attached hydrogens (primary N) is 1. The lowest BCUT2D eigenvalue weighted by Gasteiger charge is -2.17. The van der Waals surface area contributed by atoms with E-state index in [0.29, 0.717) is 15.8 Å². The molecule has 11 heteroatoms. The summed E-state index contributed by atoms with van der Waals surface area (Å²) in [6.07, 6.45) is -4.62. The summed E-state index contributed by atoms with van der Waals surface area (Å²) < 4.78 is 79.9. The molecule has 0 spiro atoms. The molecule has 3 N–H and O–H groups in total. The zero-order valence-electron chi connectivity index (χ0n) is 20.1. The Balaban J connectivity index is 1.79. The van der Waals surface area contributed by atoms with Crippen LogP contribution in [-0.2, 0) is 6.54 Å². The molecule has 0 aliphatic rings. The molecule has 0 aliphatic heterocycles. The van der Waals surface area contributed by atoms with Crippen molar-refractivity contribution in [1.29, 1.82) is 5.26 Å². The largest absolute Gasteiger partial charge is 0.496 e. The van der Waals surface area contributed by atoms with Gasteiger partial charge in [-0.3, -0.25) is 4.79 Å². The molecular weight excluding hydrogens is 442 g/mol. The van der Waals surface area contributed by atoms with Crippen molar-refractivity contribution in [2.45, 2.75) is 25.7 Å². The van der Waals surface area contributed by atoms with Crippen LogP contribution >= 0.6 is 0 Å². The molecule has 172 valence electrons. The number of carbonyl (C=O) groups excluding carboxylic acids is 1. The molecule has 7 nitrogen and oxygen atoms in total. The number of methoxy groups -OCH3 is 1. The average Bonchev–Trinajstić information content (AvgIpc) is 3.12. The van der Waals surface area contributed by atoms with Crippen molar-refractivity contribution in [2.24, 2.45) is 0 Å². The van der Waals surface area contributed by atoms with Gasteiger partial charge in [0.2, 0.25) is 0 Å². The summed E-state index contributed by atoms with van der Waals surface area (Å²) in [7, 11) is -2.85. The first-order chi connectivity index (χ1) is 16.7. The Kier molecular flexibility index (Phi) is 5.46. The third kappa shape index (κ3) is 4.90. The Morgan fingerprint density at radius 2 is 2.03 bits per heavy atom. The van der Waals surface area contributed by atoms with Crippen LogP contribution in [0.15, 0.2) is 42.5 Å². The minimum atomic E-state index is -4.62. The van der Waals surface area contributed by atoms with Crippen LogP contribution in [0.1, 0.15) is 38.6 Å². The first-order valence-electron chi connectivity index (χ1n) is 10.9. The van der Waals surface area contributed by atoms with Crippen molar-refractivity contribution in [3.63, 3.8) is 0 Å². The van der Waals surface area contributed by atoms with Crippen LogP contribution in [0.4, 0.5) is 23.4 Å². The Labute approximate surface area is 190 Å². The smallest absolute Gasteiger partial charge is 0.410 e. The highest BCUT2D eigenvalue weighted by Crippen LogP contribution is 2.35. The highest BCUT2D eigenvalue weighted by atomic mass is 19.4. The monoisotopic (exact) mass is 464 g/mol. The number of rotatable bonds is 6. The van der Waals surface area contributed by atoms with E-state index < -0.39 is 36.8 Å². The fourth-order valence-corrected chi connectivity index (χ4v) is 3.02. The van der Waals surface area contributed by atoms with Crippen molar-refractivity contribution < 1.29 is 31.2 Å². The Morgan fingerprint density at radius 1 is 1.33 bits per heavy atom. The van der Waals surface area contributed by atoms with Gasteiger partial charge in [0.05, 0.1) is 16.7 Å². The fourth-order valence-electron chi connectivity index (χ4n) is 3.02. The van der Waals surface area contributed by atoms with Crippen molar-refractivity contribution in [3.05, 3.63) is 65.0 Å². The molecule has 2 aromatic carbocycles. The summed E-state index contributed by atoms with van der Waals surface area (Å²) in [5, 5.41) is 15.8. The lowest BCUT2D eigenvalue weighted by Crippen LogP contribution is -2.25. The van der Waals surface area contributed by atoms with E-state index in [4.69, 9.17) is 14.6 Å². The summed E-state index contributed by atoms with van der Waals surface area (Å²) in [5.41, 5.74) is 6.03. The van der Waals surface area contributed by atoms with E-state index >= 15 is 0 Å². The molecule has 3 aromatic rings. The van der Waals surface area contributed by atoms with Crippen LogP contribution in [0, 0.1) is 17.1 Å². The molecular formula is C22H19F4N5O2. The Hall–Kier alpha value is -4.07. The normalized spacial score (nSPS) is 13.9. The second kappa shape index (κ2) is 9.20. The van der Waals surface area contributed by atoms with Gasteiger partial charge >= 0.3 is 6.18 Å². The lowest BCUT2D eigenvalue weighted by molar-refractivity contribution is -0.164. The van der Waals surface area contributed by atoms with Crippen LogP contribution < -0.4 is 15.8 Å². The first-order valence-corrected chi connectivity index (χ1v) is 9.42. The maximum absolute atomic E-state index is 13.6. The number of nitriles is 1. The predicted molar refractivity (Wildman–Crippen MR) is 112 cm³/mol. The number of nitrogen functional groups attached to an aromatic ring is 1. The van der Waals surface area contributed by atoms with Crippen molar-refractivity contribution in [1.82, 2.24) is 15.1 Å². The topological polar surface area (TPSA) is 106 Å². The van der Waals surface area contributed by atoms with Gasteiger partial charge in [-0.1, -0.05) is 24.3 Å². The number of aromatic nitrogens is 2. The average molecular weight is 464 g/mol. The van der Waals surface area contributed by atoms with E-state index in [9.17, 15) is 27.6 Å². The highest BCUT2D eigenvalue weighted by molar-refractivity contribution is 5.96. The third-order valence-electron chi connectivity index (χ3n) is 4.88. The molecule has 1 atom stereocenters. The number of alkyl halides is 3. The minimum Gasteiger partial charge on any atom is -0.496 e. The number of hydrogen-bond acceptors (Lipinski definition) is 5. The number of carbonyl (C=O) groups is 1. The highest BCUT2D eigenvalue weighted by Gasteiger charge is 2.40. The van der Waals surface area contributed by atoms with Crippen LogP contribution in [-0.4, -0.2) is 28.9 Å². The summed E-state index contributed by atoms with van der Waals surface area (Å²) in [6.45, 7) is 0.808. The lowest BCUT2D eigenvalue weighted by atomic mass is 10.1.